The maximum absolute atomic E-state index is 11.9. The van der Waals surface area contributed by atoms with E-state index in [4.69, 9.17) is 0 Å². The smallest absolute Gasteiger partial charge is 0.305 e. The minimum Gasteiger partial charge on any atom is -0.469 e. The van der Waals surface area contributed by atoms with Crippen molar-refractivity contribution in [3.63, 3.8) is 0 Å². The van der Waals surface area contributed by atoms with Gasteiger partial charge in [0.15, 0.2) is 0 Å². The van der Waals surface area contributed by atoms with Crippen LogP contribution in [-0.2, 0) is 20.9 Å². The first-order valence-electron chi connectivity index (χ1n) is 7.05. The van der Waals surface area contributed by atoms with Crippen LogP contribution in [-0.4, -0.2) is 36.9 Å². The van der Waals surface area contributed by atoms with E-state index in [-0.39, 0.29) is 17.7 Å². The van der Waals surface area contributed by atoms with Gasteiger partial charge in [-0.3, -0.25) is 14.5 Å². The predicted molar refractivity (Wildman–Crippen MR) is 76.1 cm³/mol. The Morgan fingerprint density at radius 1 is 1.35 bits per heavy atom. The molecule has 0 bridgehead atoms. The molecule has 0 N–H and O–H groups in total. The van der Waals surface area contributed by atoms with Crippen LogP contribution < -0.4 is 0 Å². The highest BCUT2D eigenvalue weighted by molar-refractivity contribution is 5.82. The Labute approximate surface area is 119 Å². The van der Waals surface area contributed by atoms with Crippen LogP contribution in [0.3, 0.4) is 0 Å². The first-order valence-corrected chi connectivity index (χ1v) is 7.05. The van der Waals surface area contributed by atoms with Gasteiger partial charge in [0.25, 0.3) is 0 Å². The monoisotopic (exact) mass is 275 g/mol. The summed E-state index contributed by atoms with van der Waals surface area (Å²) in [5, 5.41) is 0. The van der Waals surface area contributed by atoms with Gasteiger partial charge in [-0.15, -0.1) is 0 Å². The quantitative estimate of drug-likeness (QED) is 0.771. The molecule has 0 aromatic heterocycles. The predicted octanol–water partition coefficient (Wildman–Crippen LogP) is 2.03. The maximum Gasteiger partial charge on any atom is 0.305 e. The number of ketones is 1. The Kier molecular flexibility index (Phi) is 5.30. The topological polar surface area (TPSA) is 46.6 Å². The third-order valence-corrected chi connectivity index (χ3v) is 3.78. The molecule has 1 aliphatic rings. The lowest BCUT2D eigenvalue weighted by molar-refractivity contribution is -0.141. The summed E-state index contributed by atoms with van der Waals surface area (Å²) in [6.07, 6.45) is 1.50. The lowest BCUT2D eigenvalue weighted by Crippen LogP contribution is -2.40. The number of piperidine rings is 1. The van der Waals surface area contributed by atoms with E-state index in [0.29, 0.717) is 19.3 Å². The number of likely N-dealkylation sites (tertiary alicyclic amines) is 1. The van der Waals surface area contributed by atoms with Gasteiger partial charge in [0.05, 0.1) is 7.11 Å². The molecule has 1 atom stereocenters. The summed E-state index contributed by atoms with van der Waals surface area (Å²) in [4.78, 5) is 25.4. The largest absolute Gasteiger partial charge is 0.469 e. The van der Waals surface area contributed by atoms with Crippen LogP contribution >= 0.6 is 0 Å². The van der Waals surface area contributed by atoms with E-state index in [1.54, 1.807) is 0 Å². The van der Waals surface area contributed by atoms with Gasteiger partial charge < -0.3 is 4.74 Å². The molecular weight excluding hydrogens is 254 g/mol. The van der Waals surface area contributed by atoms with E-state index >= 15 is 0 Å². The fourth-order valence-electron chi connectivity index (χ4n) is 2.61. The third kappa shape index (κ3) is 4.17. The zero-order chi connectivity index (χ0) is 14.4. The summed E-state index contributed by atoms with van der Waals surface area (Å²) >= 11 is 0. The molecule has 108 valence electrons. The highest BCUT2D eigenvalue weighted by Gasteiger charge is 2.27. The summed E-state index contributed by atoms with van der Waals surface area (Å²) in [6, 6.07) is 10.3. The number of hydrogen-bond acceptors (Lipinski definition) is 4. The van der Waals surface area contributed by atoms with Gasteiger partial charge in [-0.1, -0.05) is 30.3 Å². The fraction of sp³-hybridized carbons (Fsp3) is 0.500. The molecule has 0 amide bonds. The molecule has 1 aromatic rings. The van der Waals surface area contributed by atoms with Crippen LogP contribution in [0.4, 0.5) is 0 Å². The number of esters is 1. The zero-order valence-electron chi connectivity index (χ0n) is 11.9. The Morgan fingerprint density at radius 2 is 2.10 bits per heavy atom. The summed E-state index contributed by atoms with van der Waals surface area (Å²) in [7, 11) is 1.38. The van der Waals surface area contributed by atoms with Crippen LogP contribution in [0.15, 0.2) is 30.3 Å². The molecule has 4 heteroatoms. The molecule has 1 saturated heterocycles. The van der Waals surface area contributed by atoms with Crippen molar-refractivity contribution in [1.82, 2.24) is 4.90 Å². The summed E-state index contributed by atoms with van der Waals surface area (Å²) in [5.41, 5.74) is 1.26. The SMILES string of the molecule is COC(=O)CCC1CN(Cc2ccccc2)CCC1=O. The number of carbonyl (C=O) groups is 2. The van der Waals surface area contributed by atoms with Crippen molar-refractivity contribution in [2.24, 2.45) is 5.92 Å². The fourth-order valence-corrected chi connectivity index (χ4v) is 2.61. The number of carbonyl (C=O) groups excluding carboxylic acids is 2. The summed E-state index contributed by atoms with van der Waals surface area (Å²) < 4.78 is 4.64. The van der Waals surface area contributed by atoms with Crippen molar-refractivity contribution in [3.8, 4) is 0 Å². The van der Waals surface area contributed by atoms with Crippen LogP contribution in [0.25, 0.3) is 0 Å². The minimum atomic E-state index is -0.238. The van der Waals surface area contributed by atoms with Gasteiger partial charge in [-0.2, -0.15) is 0 Å². The van der Waals surface area contributed by atoms with Crippen LogP contribution in [0.2, 0.25) is 0 Å². The number of benzene rings is 1. The number of rotatable bonds is 5. The Bertz CT molecular complexity index is 458. The van der Waals surface area contributed by atoms with Crippen molar-refractivity contribution in [2.75, 3.05) is 20.2 Å². The van der Waals surface area contributed by atoms with E-state index < -0.39 is 0 Å². The second-order valence-electron chi connectivity index (χ2n) is 5.25. The molecule has 0 radical (unpaired) electrons. The van der Waals surface area contributed by atoms with E-state index in [9.17, 15) is 9.59 Å². The number of nitrogens with zero attached hydrogens (tertiary/aromatic N) is 1. The molecule has 1 unspecified atom stereocenters. The van der Waals surface area contributed by atoms with Crippen molar-refractivity contribution in [2.45, 2.75) is 25.8 Å². The van der Waals surface area contributed by atoms with E-state index in [1.165, 1.54) is 12.7 Å². The molecule has 1 aromatic carbocycles. The van der Waals surface area contributed by atoms with Gasteiger partial charge in [0.1, 0.15) is 5.78 Å². The Hall–Kier alpha value is -1.68. The van der Waals surface area contributed by atoms with E-state index in [2.05, 4.69) is 21.8 Å². The van der Waals surface area contributed by atoms with Gasteiger partial charge in [-0.25, -0.2) is 0 Å². The van der Waals surface area contributed by atoms with Gasteiger partial charge in [0, 0.05) is 38.4 Å². The highest BCUT2D eigenvalue weighted by Crippen LogP contribution is 2.20. The molecule has 0 aliphatic carbocycles. The molecule has 4 nitrogen and oxygen atoms in total. The standard InChI is InChI=1S/C16H21NO3/c1-20-16(19)8-7-14-12-17(10-9-15(14)18)11-13-5-3-2-4-6-13/h2-6,14H,7-12H2,1H3. The van der Waals surface area contributed by atoms with Crippen LogP contribution in [0.1, 0.15) is 24.8 Å². The summed E-state index contributed by atoms with van der Waals surface area (Å²) in [5.74, 6) is 0.00256. The van der Waals surface area contributed by atoms with E-state index in [1.807, 2.05) is 18.2 Å². The molecule has 1 fully saturated rings. The average Bonchev–Trinajstić information content (AvgIpc) is 2.48. The number of hydrogen-bond donors (Lipinski definition) is 0. The van der Waals surface area contributed by atoms with Crippen LogP contribution in [0.5, 0.6) is 0 Å². The average molecular weight is 275 g/mol. The number of Topliss-reactive ketones (excluding diaryl/α,β-unsaturated/α-hetero) is 1. The normalized spacial score (nSPS) is 19.9. The molecule has 1 heterocycles. The third-order valence-electron chi connectivity index (χ3n) is 3.78. The molecule has 0 spiro atoms. The van der Waals surface area contributed by atoms with Gasteiger partial charge >= 0.3 is 5.97 Å². The zero-order valence-corrected chi connectivity index (χ0v) is 11.9. The molecule has 0 saturated carbocycles. The highest BCUT2D eigenvalue weighted by atomic mass is 16.5. The second kappa shape index (κ2) is 7.20. The first-order chi connectivity index (χ1) is 9.69. The van der Waals surface area contributed by atoms with Crippen LogP contribution in [0, 0.1) is 5.92 Å². The summed E-state index contributed by atoms with van der Waals surface area (Å²) in [6.45, 7) is 2.41. The Morgan fingerprint density at radius 3 is 2.80 bits per heavy atom. The number of ether oxygens (including phenoxy) is 1. The number of methoxy groups -OCH3 is 1. The maximum atomic E-state index is 11.9. The molecular formula is C16H21NO3. The lowest BCUT2D eigenvalue weighted by Gasteiger charge is -2.31. The molecule has 20 heavy (non-hydrogen) atoms. The van der Waals surface area contributed by atoms with Gasteiger partial charge in [-0.05, 0) is 12.0 Å². The van der Waals surface area contributed by atoms with Crippen molar-refractivity contribution in [3.05, 3.63) is 35.9 Å². The molecule has 2 rings (SSSR count). The minimum absolute atomic E-state index is 0.0356. The van der Waals surface area contributed by atoms with Crippen molar-refractivity contribution >= 4 is 11.8 Å². The van der Waals surface area contributed by atoms with Crippen molar-refractivity contribution < 1.29 is 14.3 Å². The first kappa shape index (κ1) is 14.7. The van der Waals surface area contributed by atoms with E-state index in [0.717, 1.165) is 19.6 Å². The Balaban J connectivity index is 1.87. The lowest BCUT2D eigenvalue weighted by atomic mass is 9.92. The molecule has 1 aliphatic heterocycles. The second-order valence-corrected chi connectivity index (χ2v) is 5.25. The van der Waals surface area contributed by atoms with Crippen molar-refractivity contribution in [1.29, 1.82) is 0 Å². The van der Waals surface area contributed by atoms with Gasteiger partial charge in [0.2, 0.25) is 0 Å².